The minimum absolute atomic E-state index is 0.233. The fraction of sp³-hybridized carbons (Fsp3) is 0.667. The van der Waals surface area contributed by atoms with E-state index in [4.69, 9.17) is 4.18 Å². The highest BCUT2D eigenvalue weighted by Crippen LogP contribution is 2.23. The molecule has 8 heteroatoms. The standard InChI is InChI=1S/C12H18FN3O3S/c1-20(17,18)19-7-4-10-2-5-16(6-3-10)12-14-8-11(13)9-15-12/h8-10H,2-7H2,1H3. The van der Waals surface area contributed by atoms with Crippen molar-refractivity contribution < 1.29 is 17.0 Å². The molecular formula is C12H18FN3O3S. The van der Waals surface area contributed by atoms with E-state index in [0.29, 0.717) is 11.9 Å². The lowest BCUT2D eigenvalue weighted by atomic mass is 9.94. The number of piperidine rings is 1. The molecule has 0 atom stereocenters. The van der Waals surface area contributed by atoms with Crippen molar-refractivity contribution in [2.75, 3.05) is 30.9 Å². The van der Waals surface area contributed by atoms with E-state index in [1.165, 1.54) is 0 Å². The largest absolute Gasteiger partial charge is 0.341 e. The summed E-state index contributed by atoms with van der Waals surface area (Å²) in [4.78, 5) is 9.92. The number of nitrogens with zero attached hydrogens (tertiary/aromatic N) is 3. The average molecular weight is 303 g/mol. The second kappa shape index (κ2) is 6.45. The molecule has 20 heavy (non-hydrogen) atoms. The Bertz CT molecular complexity index is 527. The molecule has 2 heterocycles. The van der Waals surface area contributed by atoms with Crippen molar-refractivity contribution in [2.45, 2.75) is 19.3 Å². The Labute approximate surface area is 118 Å². The van der Waals surface area contributed by atoms with Gasteiger partial charge in [-0.3, -0.25) is 4.18 Å². The van der Waals surface area contributed by atoms with Gasteiger partial charge in [0.05, 0.1) is 25.3 Å². The van der Waals surface area contributed by atoms with Crippen LogP contribution in [-0.2, 0) is 14.3 Å². The summed E-state index contributed by atoms with van der Waals surface area (Å²) in [7, 11) is -3.35. The molecular weight excluding hydrogens is 285 g/mol. The van der Waals surface area contributed by atoms with Crippen LogP contribution in [0, 0.1) is 11.7 Å². The zero-order valence-corrected chi connectivity index (χ0v) is 12.1. The molecule has 6 nitrogen and oxygen atoms in total. The first-order valence-electron chi connectivity index (χ1n) is 6.51. The predicted octanol–water partition coefficient (Wildman–Crippen LogP) is 1.20. The first-order chi connectivity index (χ1) is 9.44. The smallest absolute Gasteiger partial charge is 0.264 e. The third-order valence-corrected chi connectivity index (χ3v) is 3.92. The van der Waals surface area contributed by atoms with E-state index >= 15 is 0 Å². The lowest BCUT2D eigenvalue weighted by Crippen LogP contribution is -2.35. The fourth-order valence-electron chi connectivity index (χ4n) is 2.26. The van der Waals surface area contributed by atoms with Crippen LogP contribution < -0.4 is 4.90 Å². The Morgan fingerprint density at radius 1 is 1.35 bits per heavy atom. The highest BCUT2D eigenvalue weighted by molar-refractivity contribution is 7.85. The number of rotatable bonds is 5. The van der Waals surface area contributed by atoms with Crippen LogP contribution in [0.3, 0.4) is 0 Å². The van der Waals surface area contributed by atoms with Crippen LogP contribution in [0.2, 0.25) is 0 Å². The van der Waals surface area contributed by atoms with Crippen LogP contribution in [-0.4, -0.2) is 44.3 Å². The van der Waals surface area contributed by atoms with E-state index in [1.54, 1.807) is 0 Å². The quantitative estimate of drug-likeness (QED) is 0.761. The van der Waals surface area contributed by atoms with Gasteiger partial charge >= 0.3 is 0 Å². The number of anilines is 1. The van der Waals surface area contributed by atoms with Gasteiger partial charge in [-0.2, -0.15) is 8.42 Å². The minimum atomic E-state index is -3.35. The monoisotopic (exact) mass is 303 g/mol. The first kappa shape index (κ1) is 15.1. The topological polar surface area (TPSA) is 72.4 Å². The average Bonchev–Trinajstić information content (AvgIpc) is 2.39. The van der Waals surface area contributed by atoms with Crippen LogP contribution in [0.5, 0.6) is 0 Å². The predicted molar refractivity (Wildman–Crippen MR) is 72.3 cm³/mol. The number of hydrogen-bond donors (Lipinski definition) is 0. The van der Waals surface area contributed by atoms with Crippen molar-refractivity contribution in [1.29, 1.82) is 0 Å². The fourth-order valence-corrected chi connectivity index (χ4v) is 2.66. The molecule has 1 aliphatic rings. The van der Waals surface area contributed by atoms with Gasteiger partial charge in [-0.1, -0.05) is 0 Å². The highest BCUT2D eigenvalue weighted by Gasteiger charge is 2.21. The van der Waals surface area contributed by atoms with E-state index in [2.05, 4.69) is 9.97 Å². The summed E-state index contributed by atoms with van der Waals surface area (Å²) in [5, 5.41) is 0. The maximum Gasteiger partial charge on any atom is 0.264 e. The van der Waals surface area contributed by atoms with Gasteiger partial charge in [0.1, 0.15) is 0 Å². The summed E-state index contributed by atoms with van der Waals surface area (Å²) < 4.78 is 39.2. The van der Waals surface area contributed by atoms with Crippen LogP contribution in [0.4, 0.5) is 10.3 Å². The number of hydrogen-bond acceptors (Lipinski definition) is 6. The molecule has 0 spiro atoms. The molecule has 1 saturated heterocycles. The van der Waals surface area contributed by atoms with Crippen molar-refractivity contribution in [1.82, 2.24) is 9.97 Å². The Morgan fingerprint density at radius 2 is 1.95 bits per heavy atom. The molecule has 112 valence electrons. The van der Waals surface area contributed by atoms with E-state index in [9.17, 15) is 12.8 Å². The second-order valence-electron chi connectivity index (χ2n) is 4.95. The third kappa shape index (κ3) is 4.68. The van der Waals surface area contributed by atoms with Crippen LogP contribution >= 0.6 is 0 Å². The molecule has 1 aliphatic heterocycles. The molecule has 1 aromatic heterocycles. The summed E-state index contributed by atoms with van der Waals surface area (Å²) in [6.07, 6.45) is 5.96. The van der Waals surface area contributed by atoms with Gasteiger partial charge < -0.3 is 4.90 Å². The molecule has 0 aliphatic carbocycles. The summed E-state index contributed by atoms with van der Waals surface area (Å²) in [5.74, 6) is 0.534. The second-order valence-corrected chi connectivity index (χ2v) is 6.59. The van der Waals surface area contributed by atoms with Gasteiger partial charge in [-0.25, -0.2) is 14.4 Å². The van der Waals surface area contributed by atoms with E-state index < -0.39 is 15.9 Å². The molecule has 0 bridgehead atoms. The summed E-state index contributed by atoms with van der Waals surface area (Å²) in [6.45, 7) is 1.81. The van der Waals surface area contributed by atoms with Gasteiger partial charge in [0.15, 0.2) is 5.82 Å². The summed E-state index contributed by atoms with van der Waals surface area (Å²) in [6, 6.07) is 0. The summed E-state index contributed by atoms with van der Waals surface area (Å²) >= 11 is 0. The lowest BCUT2D eigenvalue weighted by Gasteiger charge is -2.31. The maximum absolute atomic E-state index is 12.7. The van der Waals surface area contributed by atoms with Gasteiger partial charge in [0, 0.05) is 13.1 Å². The molecule has 1 aromatic rings. The van der Waals surface area contributed by atoms with Crippen molar-refractivity contribution in [3.05, 3.63) is 18.2 Å². The number of halogens is 1. The van der Waals surface area contributed by atoms with Crippen LogP contribution in [0.15, 0.2) is 12.4 Å². The lowest BCUT2D eigenvalue weighted by molar-refractivity contribution is 0.264. The van der Waals surface area contributed by atoms with Crippen molar-refractivity contribution in [3.63, 3.8) is 0 Å². The zero-order valence-electron chi connectivity index (χ0n) is 11.3. The van der Waals surface area contributed by atoms with Crippen molar-refractivity contribution >= 4 is 16.1 Å². The van der Waals surface area contributed by atoms with Gasteiger partial charge in [0.25, 0.3) is 10.1 Å². The van der Waals surface area contributed by atoms with E-state index in [-0.39, 0.29) is 6.61 Å². The molecule has 0 N–H and O–H groups in total. The normalized spacial score (nSPS) is 17.4. The van der Waals surface area contributed by atoms with Crippen molar-refractivity contribution in [2.24, 2.45) is 5.92 Å². The Morgan fingerprint density at radius 3 is 2.50 bits per heavy atom. The Balaban J connectivity index is 1.76. The SMILES string of the molecule is CS(=O)(=O)OCCC1CCN(c2ncc(F)cn2)CC1. The Kier molecular flexibility index (Phi) is 4.87. The Hall–Kier alpha value is -1.28. The van der Waals surface area contributed by atoms with Gasteiger partial charge in [0.2, 0.25) is 5.95 Å². The zero-order chi connectivity index (χ0) is 14.6. The third-order valence-electron chi connectivity index (χ3n) is 3.33. The maximum atomic E-state index is 12.7. The van der Waals surface area contributed by atoms with Crippen LogP contribution in [0.25, 0.3) is 0 Å². The number of aromatic nitrogens is 2. The van der Waals surface area contributed by atoms with Gasteiger partial charge in [-0.15, -0.1) is 0 Å². The molecule has 0 amide bonds. The van der Waals surface area contributed by atoms with E-state index in [1.807, 2.05) is 4.90 Å². The molecule has 0 radical (unpaired) electrons. The molecule has 0 unspecified atom stereocenters. The van der Waals surface area contributed by atoms with E-state index in [0.717, 1.165) is 51.0 Å². The molecule has 0 saturated carbocycles. The van der Waals surface area contributed by atoms with Gasteiger partial charge in [-0.05, 0) is 25.2 Å². The summed E-state index contributed by atoms with van der Waals surface area (Å²) in [5.41, 5.74) is 0. The molecule has 1 fully saturated rings. The minimum Gasteiger partial charge on any atom is -0.341 e. The van der Waals surface area contributed by atoms with Crippen molar-refractivity contribution in [3.8, 4) is 0 Å². The molecule has 2 rings (SSSR count). The molecule has 0 aromatic carbocycles. The highest BCUT2D eigenvalue weighted by atomic mass is 32.2. The van der Waals surface area contributed by atoms with Crippen LogP contribution in [0.1, 0.15) is 19.3 Å². The first-order valence-corrected chi connectivity index (χ1v) is 8.32.